The zero-order valence-corrected chi connectivity index (χ0v) is 19.5. The maximum Gasteiger partial charge on any atom is 0.245 e. The SMILES string of the molecule is CCCC(=O)N(CC(=O)Nc1cc(C(C)(C)C)nn1-c1ccc(C)cc1)CC(C)C. The van der Waals surface area contributed by atoms with Crippen molar-refractivity contribution < 1.29 is 9.59 Å². The van der Waals surface area contributed by atoms with Crippen molar-refractivity contribution >= 4 is 17.6 Å². The molecule has 164 valence electrons. The maximum atomic E-state index is 12.9. The Hall–Kier alpha value is -2.63. The molecule has 30 heavy (non-hydrogen) atoms. The van der Waals surface area contributed by atoms with Crippen LogP contribution in [0, 0.1) is 12.8 Å². The Morgan fingerprint density at radius 1 is 1.17 bits per heavy atom. The lowest BCUT2D eigenvalue weighted by Gasteiger charge is -2.24. The molecule has 2 aromatic rings. The van der Waals surface area contributed by atoms with Crippen LogP contribution in [0.5, 0.6) is 0 Å². The van der Waals surface area contributed by atoms with Crippen LogP contribution in [-0.4, -0.2) is 39.6 Å². The Bertz CT molecular complexity index is 860. The van der Waals surface area contributed by atoms with Crippen LogP contribution in [0.1, 0.15) is 65.6 Å². The van der Waals surface area contributed by atoms with Crippen molar-refractivity contribution in [3.8, 4) is 5.69 Å². The minimum absolute atomic E-state index is 0.0174. The van der Waals surface area contributed by atoms with E-state index in [1.165, 1.54) is 0 Å². The number of anilines is 1. The lowest BCUT2D eigenvalue weighted by atomic mass is 9.92. The first kappa shape index (κ1) is 23.6. The minimum Gasteiger partial charge on any atom is -0.333 e. The molecular formula is C24H36N4O2. The highest BCUT2D eigenvalue weighted by molar-refractivity contribution is 5.94. The monoisotopic (exact) mass is 412 g/mol. The van der Waals surface area contributed by atoms with Gasteiger partial charge in [-0.1, -0.05) is 59.2 Å². The zero-order chi connectivity index (χ0) is 22.5. The van der Waals surface area contributed by atoms with E-state index < -0.39 is 0 Å². The first-order valence-corrected chi connectivity index (χ1v) is 10.8. The summed E-state index contributed by atoms with van der Waals surface area (Å²) in [6.07, 6.45) is 1.22. The van der Waals surface area contributed by atoms with Crippen molar-refractivity contribution in [3.05, 3.63) is 41.6 Å². The average molecular weight is 413 g/mol. The normalized spacial score (nSPS) is 11.6. The molecule has 0 aliphatic heterocycles. The number of aromatic nitrogens is 2. The molecule has 0 atom stereocenters. The molecule has 2 amide bonds. The van der Waals surface area contributed by atoms with E-state index in [4.69, 9.17) is 5.10 Å². The molecule has 0 saturated carbocycles. The molecule has 1 N–H and O–H groups in total. The van der Waals surface area contributed by atoms with E-state index in [0.29, 0.717) is 24.7 Å². The predicted octanol–water partition coefficient (Wildman–Crippen LogP) is 4.70. The van der Waals surface area contributed by atoms with E-state index >= 15 is 0 Å². The van der Waals surface area contributed by atoms with Gasteiger partial charge in [0.05, 0.1) is 17.9 Å². The van der Waals surface area contributed by atoms with Crippen LogP contribution in [0.15, 0.2) is 30.3 Å². The number of nitrogens with one attached hydrogen (secondary N) is 1. The molecule has 2 rings (SSSR count). The van der Waals surface area contributed by atoms with Gasteiger partial charge in [-0.2, -0.15) is 5.10 Å². The zero-order valence-electron chi connectivity index (χ0n) is 19.5. The summed E-state index contributed by atoms with van der Waals surface area (Å²) in [7, 11) is 0. The summed E-state index contributed by atoms with van der Waals surface area (Å²) in [5.74, 6) is 0.711. The van der Waals surface area contributed by atoms with Gasteiger partial charge in [-0.15, -0.1) is 0 Å². The number of rotatable bonds is 8. The largest absolute Gasteiger partial charge is 0.333 e. The van der Waals surface area contributed by atoms with Crippen molar-refractivity contribution in [1.29, 1.82) is 0 Å². The molecule has 0 unspecified atom stereocenters. The van der Waals surface area contributed by atoms with Crippen LogP contribution in [0.25, 0.3) is 5.69 Å². The Morgan fingerprint density at radius 2 is 1.80 bits per heavy atom. The van der Waals surface area contributed by atoms with Crippen LogP contribution in [-0.2, 0) is 15.0 Å². The molecule has 1 aromatic carbocycles. The molecule has 0 spiro atoms. The molecule has 6 heteroatoms. The number of carbonyl (C=O) groups is 2. The molecule has 6 nitrogen and oxygen atoms in total. The van der Waals surface area contributed by atoms with Crippen LogP contribution in [0.4, 0.5) is 5.82 Å². The summed E-state index contributed by atoms with van der Waals surface area (Å²) in [6.45, 7) is 15.0. The molecule has 1 heterocycles. The average Bonchev–Trinajstić information content (AvgIpc) is 3.05. The number of aryl methyl sites for hydroxylation is 1. The van der Waals surface area contributed by atoms with Gasteiger partial charge in [-0.25, -0.2) is 4.68 Å². The fourth-order valence-electron chi connectivity index (χ4n) is 3.14. The standard InChI is InChI=1S/C24H36N4O2/c1-8-9-23(30)27(15-17(2)3)16-22(29)25-21-14-20(24(5,6)7)26-28(21)19-12-10-18(4)11-13-19/h10-14,17H,8-9,15-16H2,1-7H3,(H,25,29). The van der Waals surface area contributed by atoms with Crippen LogP contribution in [0.2, 0.25) is 0 Å². The van der Waals surface area contributed by atoms with Gasteiger partial charge in [0, 0.05) is 24.4 Å². The number of benzene rings is 1. The Balaban J connectivity index is 2.28. The van der Waals surface area contributed by atoms with E-state index in [2.05, 4.69) is 26.1 Å². The second kappa shape index (κ2) is 9.92. The smallest absolute Gasteiger partial charge is 0.245 e. The molecule has 0 saturated heterocycles. The lowest BCUT2D eigenvalue weighted by molar-refractivity contribution is -0.135. The summed E-state index contributed by atoms with van der Waals surface area (Å²) in [5.41, 5.74) is 2.77. The van der Waals surface area contributed by atoms with Crippen LogP contribution in [0.3, 0.4) is 0 Å². The molecule has 0 fully saturated rings. The predicted molar refractivity (Wildman–Crippen MR) is 122 cm³/mol. The number of carbonyl (C=O) groups excluding carboxylic acids is 2. The molecule has 0 aliphatic carbocycles. The second-order valence-electron chi connectivity index (χ2n) is 9.38. The summed E-state index contributed by atoms with van der Waals surface area (Å²) in [4.78, 5) is 27.0. The fraction of sp³-hybridized carbons (Fsp3) is 0.542. The van der Waals surface area contributed by atoms with Crippen molar-refractivity contribution in [2.75, 3.05) is 18.4 Å². The van der Waals surface area contributed by atoms with Crippen molar-refractivity contribution in [3.63, 3.8) is 0 Å². The number of hydrogen-bond acceptors (Lipinski definition) is 3. The molecule has 0 aliphatic rings. The van der Waals surface area contributed by atoms with Gasteiger partial charge in [0.1, 0.15) is 5.82 Å². The number of hydrogen-bond donors (Lipinski definition) is 1. The van der Waals surface area contributed by atoms with Gasteiger partial charge in [0.25, 0.3) is 0 Å². The topological polar surface area (TPSA) is 67.2 Å². The third-order valence-corrected chi connectivity index (χ3v) is 4.76. The summed E-state index contributed by atoms with van der Waals surface area (Å²) in [5, 5.41) is 7.73. The van der Waals surface area contributed by atoms with Gasteiger partial charge in [-0.3, -0.25) is 9.59 Å². The van der Waals surface area contributed by atoms with E-state index in [1.807, 2.05) is 58.0 Å². The third kappa shape index (κ3) is 6.44. The summed E-state index contributed by atoms with van der Waals surface area (Å²) < 4.78 is 1.76. The van der Waals surface area contributed by atoms with Crippen LogP contribution >= 0.6 is 0 Å². The first-order chi connectivity index (χ1) is 14.0. The van der Waals surface area contributed by atoms with E-state index in [1.54, 1.807) is 9.58 Å². The molecule has 1 aromatic heterocycles. The van der Waals surface area contributed by atoms with Crippen LogP contribution < -0.4 is 5.32 Å². The molecule has 0 radical (unpaired) electrons. The Morgan fingerprint density at radius 3 is 2.33 bits per heavy atom. The summed E-state index contributed by atoms with van der Waals surface area (Å²) in [6, 6.07) is 9.93. The quantitative estimate of drug-likeness (QED) is 0.683. The second-order valence-corrected chi connectivity index (χ2v) is 9.38. The van der Waals surface area contributed by atoms with Gasteiger partial charge in [0.15, 0.2) is 0 Å². The van der Waals surface area contributed by atoms with Crippen molar-refractivity contribution in [2.45, 2.75) is 66.7 Å². The highest BCUT2D eigenvalue weighted by Crippen LogP contribution is 2.26. The highest BCUT2D eigenvalue weighted by Gasteiger charge is 2.23. The number of nitrogens with zero attached hydrogens (tertiary/aromatic N) is 3. The van der Waals surface area contributed by atoms with Gasteiger partial charge in [-0.05, 0) is 31.4 Å². The van der Waals surface area contributed by atoms with E-state index in [0.717, 1.165) is 23.4 Å². The number of amides is 2. The molecule has 0 bridgehead atoms. The lowest BCUT2D eigenvalue weighted by Crippen LogP contribution is -2.40. The van der Waals surface area contributed by atoms with Crippen molar-refractivity contribution in [1.82, 2.24) is 14.7 Å². The first-order valence-electron chi connectivity index (χ1n) is 10.8. The van der Waals surface area contributed by atoms with E-state index in [9.17, 15) is 9.59 Å². The highest BCUT2D eigenvalue weighted by atomic mass is 16.2. The maximum absolute atomic E-state index is 12.9. The third-order valence-electron chi connectivity index (χ3n) is 4.76. The summed E-state index contributed by atoms with van der Waals surface area (Å²) >= 11 is 0. The Labute approximate surface area is 180 Å². The minimum atomic E-state index is -0.214. The van der Waals surface area contributed by atoms with E-state index in [-0.39, 0.29) is 23.8 Å². The Kier molecular flexibility index (Phi) is 7.82. The fourth-order valence-corrected chi connectivity index (χ4v) is 3.14. The van der Waals surface area contributed by atoms with Crippen molar-refractivity contribution in [2.24, 2.45) is 5.92 Å². The van der Waals surface area contributed by atoms with Gasteiger partial charge < -0.3 is 10.2 Å². The van der Waals surface area contributed by atoms with Gasteiger partial charge in [0.2, 0.25) is 11.8 Å². The van der Waals surface area contributed by atoms with Gasteiger partial charge >= 0.3 is 0 Å². The molecular weight excluding hydrogens is 376 g/mol.